The maximum Gasteiger partial charge on any atom is 0.128 e. The van der Waals surface area contributed by atoms with Gasteiger partial charge in [-0.25, -0.2) is 0 Å². The third kappa shape index (κ3) is 1.80. The molecule has 1 aromatic carbocycles. The van der Waals surface area contributed by atoms with Crippen LogP contribution in [0.25, 0.3) is 11.0 Å². The minimum absolute atomic E-state index is 0.557. The molecule has 0 aliphatic rings. The number of nitrogens with zero attached hydrogens (tertiary/aromatic N) is 3. The monoisotopic (exact) mass is 241 g/mol. The summed E-state index contributed by atoms with van der Waals surface area (Å²) in [6.45, 7) is 0.557. The first kappa shape index (κ1) is 8.50. The Bertz CT molecular complexity index is 368. The lowest BCUT2D eigenvalue weighted by Gasteiger charge is -1.97. The Hall–Kier alpha value is -1.10. The molecule has 1 aromatic heterocycles. The molecule has 0 N–H and O–H groups in total. The predicted molar refractivity (Wildman–Crippen MR) is 52.8 cm³/mol. The highest BCUT2D eigenvalue weighted by Gasteiger charge is 2.00. The van der Waals surface area contributed by atoms with Gasteiger partial charge in [0.05, 0.1) is 0 Å². The number of aromatic nitrogens is 3. The lowest BCUT2D eigenvalue weighted by atomic mass is 10.3. The molecule has 5 heteroatoms. The zero-order valence-electron chi connectivity index (χ0n) is 6.85. The highest BCUT2D eigenvalue weighted by molar-refractivity contribution is 9.09. The van der Waals surface area contributed by atoms with E-state index in [1.807, 2.05) is 24.3 Å². The van der Waals surface area contributed by atoms with Crippen molar-refractivity contribution in [1.82, 2.24) is 15.2 Å². The quantitative estimate of drug-likeness (QED) is 0.760. The van der Waals surface area contributed by atoms with Crippen molar-refractivity contribution in [1.29, 1.82) is 0 Å². The zero-order chi connectivity index (χ0) is 9.10. The third-order valence-electron chi connectivity index (χ3n) is 1.55. The minimum atomic E-state index is 0.557. The zero-order valence-corrected chi connectivity index (χ0v) is 8.44. The van der Waals surface area contributed by atoms with Gasteiger partial charge >= 0.3 is 0 Å². The van der Waals surface area contributed by atoms with Crippen LogP contribution < -0.4 is 4.84 Å². The highest BCUT2D eigenvalue weighted by atomic mass is 79.9. The summed E-state index contributed by atoms with van der Waals surface area (Å²) >= 11 is 3.26. The predicted octanol–water partition coefficient (Wildman–Crippen LogP) is 1.25. The number of halogens is 1. The normalized spacial score (nSPS) is 10.5. The van der Waals surface area contributed by atoms with Gasteiger partial charge in [0.15, 0.2) is 0 Å². The molecule has 0 saturated heterocycles. The van der Waals surface area contributed by atoms with E-state index in [1.165, 1.54) is 4.96 Å². The van der Waals surface area contributed by atoms with Gasteiger partial charge < -0.3 is 4.84 Å². The highest BCUT2D eigenvalue weighted by Crippen LogP contribution is 2.05. The van der Waals surface area contributed by atoms with Crippen LogP contribution in [0.3, 0.4) is 0 Å². The van der Waals surface area contributed by atoms with E-state index in [4.69, 9.17) is 4.84 Å². The second-order valence-electron chi connectivity index (χ2n) is 2.46. The van der Waals surface area contributed by atoms with Crippen molar-refractivity contribution in [2.45, 2.75) is 0 Å². The van der Waals surface area contributed by atoms with Gasteiger partial charge in [0, 0.05) is 5.33 Å². The first-order chi connectivity index (χ1) is 6.40. The van der Waals surface area contributed by atoms with Crippen LogP contribution in [0.5, 0.6) is 0 Å². The maximum absolute atomic E-state index is 5.19. The van der Waals surface area contributed by atoms with Crippen LogP contribution in [0.2, 0.25) is 0 Å². The Morgan fingerprint density at radius 3 is 2.38 bits per heavy atom. The molecule has 2 rings (SSSR count). The Balaban J connectivity index is 2.28. The number of hydrogen-bond acceptors (Lipinski definition) is 3. The minimum Gasteiger partial charge on any atom is -0.380 e. The summed E-state index contributed by atoms with van der Waals surface area (Å²) < 4.78 is 0. The Morgan fingerprint density at radius 2 is 1.85 bits per heavy atom. The van der Waals surface area contributed by atoms with E-state index in [0.29, 0.717) is 6.61 Å². The van der Waals surface area contributed by atoms with Crippen LogP contribution in [0.1, 0.15) is 0 Å². The summed E-state index contributed by atoms with van der Waals surface area (Å²) in [5, 5.41) is 8.99. The van der Waals surface area contributed by atoms with E-state index in [1.54, 1.807) is 0 Å². The molecule has 0 bridgehead atoms. The molecular formula is C8H8BrN3O. The lowest BCUT2D eigenvalue weighted by Crippen LogP contribution is -2.16. The van der Waals surface area contributed by atoms with E-state index in [-0.39, 0.29) is 0 Å². The molecule has 4 nitrogen and oxygen atoms in total. The van der Waals surface area contributed by atoms with Crippen LogP contribution in [0, 0.1) is 0 Å². The second kappa shape index (κ2) is 3.74. The number of alkyl halides is 1. The van der Waals surface area contributed by atoms with Gasteiger partial charge in [-0.05, 0) is 17.1 Å². The van der Waals surface area contributed by atoms with Gasteiger partial charge in [-0.2, -0.15) is 0 Å². The molecule has 0 unspecified atom stereocenters. The Kier molecular flexibility index (Phi) is 2.44. The molecule has 0 saturated carbocycles. The van der Waals surface area contributed by atoms with Crippen LogP contribution in [-0.2, 0) is 0 Å². The molecule has 0 spiro atoms. The molecule has 1 heterocycles. The second-order valence-corrected chi connectivity index (χ2v) is 3.26. The van der Waals surface area contributed by atoms with Crippen molar-refractivity contribution in [3.8, 4) is 0 Å². The molecule has 0 aliphatic heterocycles. The number of rotatable bonds is 3. The summed E-state index contributed by atoms with van der Waals surface area (Å²) in [7, 11) is 0. The molecule has 0 radical (unpaired) electrons. The molecule has 68 valence electrons. The molecule has 0 fully saturated rings. The topological polar surface area (TPSA) is 39.9 Å². The number of benzene rings is 1. The summed E-state index contributed by atoms with van der Waals surface area (Å²) in [4.78, 5) is 6.44. The molecule has 0 aliphatic carbocycles. The first-order valence-electron chi connectivity index (χ1n) is 3.91. The molecule has 2 aromatic rings. The van der Waals surface area contributed by atoms with Crippen LogP contribution >= 0.6 is 15.9 Å². The molecule has 13 heavy (non-hydrogen) atoms. The fourth-order valence-electron chi connectivity index (χ4n) is 1.01. The standard InChI is InChI=1S/C8H8BrN3O/c9-5-6-13-12-10-7-3-1-2-4-8(7)11-12/h1-4H,5-6H2. The molecular weight excluding hydrogens is 234 g/mol. The summed E-state index contributed by atoms with van der Waals surface area (Å²) in [5.41, 5.74) is 1.69. The van der Waals surface area contributed by atoms with Crippen molar-refractivity contribution >= 4 is 27.0 Å². The van der Waals surface area contributed by atoms with E-state index >= 15 is 0 Å². The number of fused-ring (bicyclic) bond motifs is 1. The summed E-state index contributed by atoms with van der Waals surface area (Å²) in [6.07, 6.45) is 0. The van der Waals surface area contributed by atoms with Gasteiger partial charge in [-0.15, -0.1) is 10.2 Å². The lowest BCUT2D eigenvalue weighted by molar-refractivity contribution is 0.0670. The fraction of sp³-hybridized carbons (Fsp3) is 0.250. The average molecular weight is 242 g/mol. The summed E-state index contributed by atoms with van der Waals surface area (Å²) in [6, 6.07) is 7.64. The molecule has 0 amide bonds. The van der Waals surface area contributed by atoms with Crippen LogP contribution in [0.4, 0.5) is 0 Å². The maximum atomic E-state index is 5.19. The van der Waals surface area contributed by atoms with Crippen molar-refractivity contribution in [3.05, 3.63) is 24.3 Å². The van der Waals surface area contributed by atoms with Crippen molar-refractivity contribution in [3.63, 3.8) is 0 Å². The van der Waals surface area contributed by atoms with E-state index in [0.717, 1.165) is 16.4 Å². The van der Waals surface area contributed by atoms with E-state index in [2.05, 4.69) is 26.1 Å². The fourth-order valence-corrected chi connectivity index (χ4v) is 1.16. The number of hydrogen-bond donors (Lipinski definition) is 0. The van der Waals surface area contributed by atoms with Crippen LogP contribution in [-0.4, -0.2) is 27.1 Å². The van der Waals surface area contributed by atoms with Crippen molar-refractivity contribution < 1.29 is 4.84 Å². The van der Waals surface area contributed by atoms with Gasteiger partial charge in [-0.3, -0.25) is 0 Å². The van der Waals surface area contributed by atoms with Gasteiger partial charge in [0.25, 0.3) is 0 Å². The van der Waals surface area contributed by atoms with Gasteiger partial charge in [-0.1, -0.05) is 28.1 Å². The van der Waals surface area contributed by atoms with Gasteiger partial charge in [0.1, 0.15) is 17.6 Å². The first-order valence-corrected chi connectivity index (χ1v) is 5.03. The Morgan fingerprint density at radius 1 is 1.23 bits per heavy atom. The van der Waals surface area contributed by atoms with Crippen molar-refractivity contribution in [2.75, 3.05) is 11.9 Å². The largest absolute Gasteiger partial charge is 0.380 e. The van der Waals surface area contributed by atoms with E-state index < -0.39 is 0 Å². The van der Waals surface area contributed by atoms with E-state index in [9.17, 15) is 0 Å². The average Bonchev–Trinajstić information content (AvgIpc) is 2.57. The SMILES string of the molecule is BrCCOn1nc2ccccc2n1. The van der Waals surface area contributed by atoms with Crippen molar-refractivity contribution in [2.24, 2.45) is 0 Å². The smallest absolute Gasteiger partial charge is 0.128 e. The third-order valence-corrected chi connectivity index (χ3v) is 1.88. The summed E-state index contributed by atoms with van der Waals surface area (Å²) in [5.74, 6) is 0. The molecule has 0 atom stereocenters. The van der Waals surface area contributed by atoms with Crippen LogP contribution in [0.15, 0.2) is 24.3 Å². The Labute approximate surface area is 83.6 Å². The van der Waals surface area contributed by atoms with Gasteiger partial charge in [0.2, 0.25) is 0 Å².